The lowest BCUT2D eigenvalue weighted by molar-refractivity contribution is 0.258. The third-order valence-electron chi connectivity index (χ3n) is 26.8. The SMILES string of the molecule is CCCCCCCCCCCCCCCCOc1cc2c(cc1OCCCCCCCCCCCCCCCC)C#Cc1cc(OCCCCCCCCCCCCCCCC)c(OCCCCCCCCCCCCCCCC)cc1C#Cc1cc(OCCCCCCCCCCCCCCCC)c(OCCCCCCCCCCCCCCCC)cc1C#C2. The third-order valence-corrected chi connectivity index (χ3v) is 26.8. The Morgan fingerprint density at radius 3 is 0.286 bits per heavy atom. The van der Waals surface area contributed by atoms with E-state index in [0.717, 1.165) is 145 Å². The molecule has 720 valence electrons. The molecule has 0 N–H and O–H groups in total. The van der Waals surface area contributed by atoms with Gasteiger partial charge in [-0.05, 0) is 38.5 Å². The van der Waals surface area contributed by atoms with Crippen molar-refractivity contribution < 1.29 is 28.4 Å². The molecule has 0 fully saturated rings. The first kappa shape index (κ1) is 113. The lowest BCUT2D eigenvalue weighted by atomic mass is 10.0. The summed E-state index contributed by atoms with van der Waals surface area (Å²) in [7, 11) is 0. The maximum absolute atomic E-state index is 6.94. The van der Waals surface area contributed by atoms with E-state index in [1.807, 2.05) is 0 Å². The summed E-state index contributed by atoms with van der Waals surface area (Å²) in [4.78, 5) is 0. The summed E-state index contributed by atoms with van der Waals surface area (Å²) >= 11 is 0. The lowest BCUT2D eigenvalue weighted by Gasteiger charge is -2.16. The zero-order valence-corrected chi connectivity index (χ0v) is 84.6. The van der Waals surface area contributed by atoms with Crippen LogP contribution >= 0.6 is 0 Å². The fourth-order valence-electron chi connectivity index (χ4n) is 18.3. The molecule has 126 heavy (non-hydrogen) atoms. The largest absolute Gasteiger partial charge is 0.490 e. The third kappa shape index (κ3) is 64.8. The number of unbranched alkanes of at least 4 members (excludes halogenated alkanes) is 78. The fourth-order valence-corrected chi connectivity index (χ4v) is 18.3. The summed E-state index contributed by atoms with van der Waals surface area (Å²) in [6, 6.07) is 12.8. The zero-order chi connectivity index (χ0) is 89.3. The van der Waals surface area contributed by atoms with Gasteiger partial charge in [-0.2, -0.15) is 0 Å². The normalized spacial score (nSPS) is 11.6. The molecule has 1 aliphatic carbocycles. The van der Waals surface area contributed by atoms with Crippen LogP contribution in [-0.4, -0.2) is 39.6 Å². The molecule has 0 bridgehead atoms. The van der Waals surface area contributed by atoms with Crippen molar-refractivity contribution in [3.05, 3.63) is 69.8 Å². The molecule has 0 aliphatic heterocycles. The van der Waals surface area contributed by atoms with Crippen LogP contribution in [0.2, 0.25) is 0 Å². The van der Waals surface area contributed by atoms with E-state index in [4.69, 9.17) is 28.4 Å². The Morgan fingerprint density at radius 1 is 0.119 bits per heavy atom. The molecule has 3 aromatic rings. The standard InChI is InChI=1S/C120H204O6/c1-7-13-19-25-31-37-43-49-55-61-67-73-79-85-97-121-115-103-109-91-92-111-105-117(123-99-87-81-75-69-63-57-51-45-39-33-27-21-15-9-3)119(125-101-89-83-77-71-65-59-53-47-41-35-29-23-17-11-5)107-113(111)95-96-114-108-120(126-102-90-84-78-72-66-60-54-48-42-36-30-24-18-12-6)118(124-100-88-82-76-70-64-58-52-46-40-34-28-22-16-10-4)106-112(114)94-93-110(109)104-116(115)122-98-86-80-74-68-62-56-50-44-38-32-26-20-14-8-2/h103-108H,7-90,97-102H2,1-6H3. The monoisotopic (exact) mass is 1740 g/mol. The van der Waals surface area contributed by atoms with Crippen LogP contribution in [0.5, 0.6) is 34.5 Å². The van der Waals surface area contributed by atoms with Crippen LogP contribution in [0.15, 0.2) is 36.4 Å². The van der Waals surface area contributed by atoms with E-state index < -0.39 is 0 Å². The average Bonchev–Trinajstić information content (AvgIpc) is 0.798. The minimum Gasteiger partial charge on any atom is -0.490 e. The van der Waals surface area contributed by atoms with Gasteiger partial charge in [0.25, 0.3) is 0 Å². The van der Waals surface area contributed by atoms with E-state index >= 15 is 0 Å². The highest BCUT2D eigenvalue weighted by atomic mass is 16.5. The molecule has 0 aromatic heterocycles. The van der Waals surface area contributed by atoms with Crippen LogP contribution in [0.25, 0.3) is 0 Å². The van der Waals surface area contributed by atoms with Crippen molar-refractivity contribution in [3.63, 3.8) is 0 Å². The average molecular weight is 1740 g/mol. The van der Waals surface area contributed by atoms with Crippen LogP contribution in [0, 0.1) is 35.5 Å². The number of ether oxygens (including phenoxy) is 6. The summed E-state index contributed by atoms with van der Waals surface area (Å²) < 4.78 is 41.6. The van der Waals surface area contributed by atoms with Crippen molar-refractivity contribution in [1.82, 2.24) is 0 Å². The lowest BCUT2D eigenvalue weighted by Crippen LogP contribution is -2.05. The van der Waals surface area contributed by atoms with Gasteiger partial charge in [-0.3, -0.25) is 0 Å². The zero-order valence-electron chi connectivity index (χ0n) is 84.6. The minimum atomic E-state index is 0.630. The summed E-state index contributed by atoms with van der Waals surface area (Å²) in [5, 5.41) is 0. The Hall–Kier alpha value is -4.86. The predicted octanol–water partition coefficient (Wildman–Crippen LogP) is 39.4. The van der Waals surface area contributed by atoms with Crippen LogP contribution in [-0.2, 0) is 0 Å². The van der Waals surface area contributed by atoms with Crippen molar-refractivity contribution in [2.45, 2.75) is 581 Å². The number of hydrogen-bond donors (Lipinski definition) is 0. The number of benzene rings is 3. The van der Waals surface area contributed by atoms with E-state index in [2.05, 4.69) is 113 Å². The van der Waals surface area contributed by atoms with Gasteiger partial charge in [0.1, 0.15) is 0 Å². The van der Waals surface area contributed by atoms with Crippen LogP contribution in [0.4, 0.5) is 0 Å². The van der Waals surface area contributed by atoms with Gasteiger partial charge in [-0.1, -0.05) is 578 Å². The highest BCUT2D eigenvalue weighted by molar-refractivity contribution is 5.67. The molecule has 6 nitrogen and oxygen atoms in total. The molecule has 0 atom stereocenters. The number of rotatable bonds is 96. The van der Waals surface area contributed by atoms with Crippen molar-refractivity contribution in [2.24, 2.45) is 0 Å². The smallest absolute Gasteiger partial charge is 0.162 e. The second-order valence-electron chi connectivity index (χ2n) is 39.0. The Balaban J connectivity index is 1.74. The van der Waals surface area contributed by atoms with E-state index in [-0.39, 0.29) is 0 Å². The van der Waals surface area contributed by atoms with Crippen molar-refractivity contribution in [2.75, 3.05) is 39.6 Å². The molecule has 0 saturated heterocycles. The van der Waals surface area contributed by atoms with Crippen LogP contribution < -0.4 is 28.4 Å². The molecule has 0 amide bonds. The summed E-state index contributed by atoms with van der Waals surface area (Å²) in [6.07, 6.45) is 111. The first-order valence-electron chi connectivity index (χ1n) is 56.4. The summed E-state index contributed by atoms with van der Waals surface area (Å²) in [5.41, 5.74) is 4.88. The Morgan fingerprint density at radius 2 is 0.198 bits per heavy atom. The summed E-state index contributed by atoms with van der Waals surface area (Å²) in [5.74, 6) is 26.9. The van der Waals surface area contributed by atoms with E-state index in [1.54, 1.807) is 0 Å². The molecule has 0 saturated carbocycles. The molecule has 1 aliphatic rings. The van der Waals surface area contributed by atoms with Gasteiger partial charge in [-0.25, -0.2) is 0 Å². The molecule has 0 unspecified atom stereocenters. The van der Waals surface area contributed by atoms with Gasteiger partial charge in [0.2, 0.25) is 0 Å². The molecular weight excluding hydrogens is 1540 g/mol. The predicted molar refractivity (Wildman–Crippen MR) is 552 cm³/mol. The molecule has 0 heterocycles. The molecular formula is C120H204O6. The Kier molecular flexibility index (Phi) is 79.3. The second kappa shape index (κ2) is 88.1. The maximum atomic E-state index is 6.94. The first-order valence-corrected chi connectivity index (χ1v) is 56.4. The second-order valence-corrected chi connectivity index (χ2v) is 39.0. The van der Waals surface area contributed by atoms with Crippen molar-refractivity contribution in [3.8, 4) is 70.0 Å². The number of hydrogen-bond acceptors (Lipinski definition) is 6. The number of fused-ring (bicyclic) bond motifs is 3. The molecule has 0 spiro atoms. The van der Waals surface area contributed by atoms with Gasteiger partial charge in [-0.15, -0.1) is 0 Å². The fraction of sp³-hybridized carbons (Fsp3) is 0.800. The van der Waals surface area contributed by atoms with Gasteiger partial charge < -0.3 is 28.4 Å². The van der Waals surface area contributed by atoms with E-state index in [0.29, 0.717) is 39.6 Å². The molecule has 4 rings (SSSR count). The van der Waals surface area contributed by atoms with Gasteiger partial charge in [0.15, 0.2) is 34.5 Å². The Bertz CT molecular complexity index is 2580. The molecule has 3 aromatic carbocycles. The van der Waals surface area contributed by atoms with Gasteiger partial charge in [0.05, 0.1) is 39.6 Å². The molecule has 6 heteroatoms. The summed E-state index contributed by atoms with van der Waals surface area (Å²) in [6.45, 7) is 17.7. The van der Waals surface area contributed by atoms with Crippen LogP contribution in [0.3, 0.4) is 0 Å². The highest BCUT2D eigenvalue weighted by Gasteiger charge is 2.18. The maximum Gasteiger partial charge on any atom is 0.162 e. The van der Waals surface area contributed by atoms with Gasteiger partial charge in [0, 0.05) is 69.8 Å². The highest BCUT2D eigenvalue weighted by Crippen LogP contribution is 2.37. The van der Waals surface area contributed by atoms with Crippen LogP contribution in [0.1, 0.15) is 614 Å². The minimum absolute atomic E-state index is 0.630. The van der Waals surface area contributed by atoms with Crippen molar-refractivity contribution >= 4 is 0 Å². The van der Waals surface area contributed by atoms with Gasteiger partial charge >= 0.3 is 0 Å². The van der Waals surface area contributed by atoms with E-state index in [9.17, 15) is 0 Å². The molecule has 0 radical (unpaired) electrons. The van der Waals surface area contributed by atoms with E-state index in [1.165, 1.54) is 462 Å². The first-order chi connectivity index (χ1) is 62.5. The quantitative estimate of drug-likeness (QED) is 0.0324. The van der Waals surface area contributed by atoms with Crippen molar-refractivity contribution in [1.29, 1.82) is 0 Å². The Labute approximate surface area is 783 Å². The topological polar surface area (TPSA) is 55.4 Å².